The molecule has 3 nitrogen and oxygen atoms in total. The summed E-state index contributed by atoms with van der Waals surface area (Å²) in [6.07, 6.45) is 0.918. The molecule has 136 valence electrons. The molecule has 3 aromatic rings. The van der Waals surface area contributed by atoms with Crippen molar-refractivity contribution < 1.29 is 4.79 Å². The van der Waals surface area contributed by atoms with Crippen molar-refractivity contribution in [1.82, 2.24) is 5.32 Å². The molecule has 0 unspecified atom stereocenters. The SMILES string of the molecule is O=C([C@H]1CNC[C@@H]1Cc1ccccc1)N(c1ccccc1)c1ccccc1. The van der Waals surface area contributed by atoms with E-state index in [-0.39, 0.29) is 11.8 Å². The lowest BCUT2D eigenvalue weighted by Crippen LogP contribution is -2.36. The molecule has 0 saturated carbocycles. The van der Waals surface area contributed by atoms with Gasteiger partial charge in [0.05, 0.1) is 5.92 Å². The van der Waals surface area contributed by atoms with Crippen LogP contribution in [-0.2, 0) is 11.2 Å². The minimum Gasteiger partial charge on any atom is -0.316 e. The van der Waals surface area contributed by atoms with Crippen molar-refractivity contribution in [1.29, 1.82) is 0 Å². The Balaban J connectivity index is 1.63. The Labute approximate surface area is 160 Å². The van der Waals surface area contributed by atoms with Crippen LogP contribution in [0.3, 0.4) is 0 Å². The van der Waals surface area contributed by atoms with Gasteiger partial charge in [-0.25, -0.2) is 0 Å². The smallest absolute Gasteiger partial charge is 0.236 e. The highest BCUT2D eigenvalue weighted by Gasteiger charge is 2.36. The van der Waals surface area contributed by atoms with Gasteiger partial charge in [0.15, 0.2) is 0 Å². The Bertz CT molecular complexity index is 825. The highest BCUT2D eigenvalue weighted by Crippen LogP contribution is 2.31. The van der Waals surface area contributed by atoms with Crippen LogP contribution >= 0.6 is 0 Å². The molecule has 1 amide bonds. The number of carbonyl (C=O) groups is 1. The number of rotatable bonds is 5. The Hall–Kier alpha value is -2.91. The number of hydrogen-bond acceptors (Lipinski definition) is 2. The standard InChI is InChI=1S/C24H24N2O/c27-24(23-18-25-17-20(23)16-19-10-4-1-5-11-19)26(21-12-6-2-7-13-21)22-14-8-3-9-15-22/h1-15,20,23,25H,16-18H2/t20-,23-/m0/s1. The average Bonchev–Trinajstić information content (AvgIpc) is 3.19. The lowest BCUT2D eigenvalue weighted by Gasteiger charge is -2.28. The molecule has 0 aliphatic carbocycles. The Morgan fingerprint density at radius 3 is 1.85 bits per heavy atom. The maximum Gasteiger partial charge on any atom is 0.236 e. The molecular weight excluding hydrogens is 332 g/mol. The third-order valence-corrected chi connectivity index (χ3v) is 5.25. The zero-order valence-corrected chi connectivity index (χ0v) is 15.3. The Morgan fingerprint density at radius 1 is 0.778 bits per heavy atom. The van der Waals surface area contributed by atoms with E-state index in [2.05, 4.69) is 29.6 Å². The third-order valence-electron chi connectivity index (χ3n) is 5.25. The first-order valence-electron chi connectivity index (χ1n) is 9.51. The minimum absolute atomic E-state index is 0.0365. The van der Waals surface area contributed by atoms with Crippen LogP contribution in [0.5, 0.6) is 0 Å². The summed E-state index contributed by atoms with van der Waals surface area (Å²) in [7, 11) is 0. The summed E-state index contributed by atoms with van der Waals surface area (Å²) < 4.78 is 0. The van der Waals surface area contributed by atoms with Crippen LogP contribution in [0.25, 0.3) is 0 Å². The number of nitrogens with zero attached hydrogens (tertiary/aromatic N) is 1. The van der Waals surface area contributed by atoms with E-state index >= 15 is 0 Å². The van der Waals surface area contributed by atoms with Gasteiger partial charge in [-0.2, -0.15) is 0 Å². The zero-order valence-electron chi connectivity index (χ0n) is 15.3. The van der Waals surface area contributed by atoms with Crippen molar-refractivity contribution in [2.75, 3.05) is 18.0 Å². The van der Waals surface area contributed by atoms with Gasteiger partial charge < -0.3 is 5.32 Å². The van der Waals surface area contributed by atoms with E-state index in [1.165, 1.54) is 5.56 Å². The van der Waals surface area contributed by atoms with Crippen molar-refractivity contribution in [2.24, 2.45) is 11.8 Å². The van der Waals surface area contributed by atoms with Gasteiger partial charge in [-0.05, 0) is 48.7 Å². The van der Waals surface area contributed by atoms with E-state index in [1.54, 1.807) is 0 Å². The minimum atomic E-state index is -0.0365. The summed E-state index contributed by atoms with van der Waals surface area (Å²) in [4.78, 5) is 15.5. The van der Waals surface area contributed by atoms with Gasteiger partial charge in [0.2, 0.25) is 5.91 Å². The fourth-order valence-corrected chi connectivity index (χ4v) is 3.88. The van der Waals surface area contributed by atoms with Gasteiger partial charge in [0, 0.05) is 17.9 Å². The number of benzene rings is 3. The van der Waals surface area contributed by atoms with E-state index in [0.29, 0.717) is 5.92 Å². The second-order valence-corrected chi connectivity index (χ2v) is 7.06. The van der Waals surface area contributed by atoms with Crippen molar-refractivity contribution in [3.8, 4) is 0 Å². The average molecular weight is 356 g/mol. The van der Waals surface area contributed by atoms with E-state index in [4.69, 9.17) is 0 Å². The predicted molar refractivity (Wildman–Crippen MR) is 110 cm³/mol. The van der Waals surface area contributed by atoms with Crippen LogP contribution in [0.15, 0.2) is 91.0 Å². The first-order chi connectivity index (χ1) is 13.3. The third kappa shape index (κ3) is 3.93. The van der Waals surface area contributed by atoms with Crippen LogP contribution in [0.1, 0.15) is 5.56 Å². The molecule has 4 rings (SSSR count). The van der Waals surface area contributed by atoms with Crippen LogP contribution < -0.4 is 10.2 Å². The van der Waals surface area contributed by atoms with Crippen LogP contribution in [-0.4, -0.2) is 19.0 Å². The molecule has 1 heterocycles. The second kappa shape index (κ2) is 8.19. The highest BCUT2D eigenvalue weighted by molar-refractivity contribution is 6.02. The van der Waals surface area contributed by atoms with Gasteiger partial charge >= 0.3 is 0 Å². The lowest BCUT2D eigenvalue weighted by atomic mass is 9.88. The predicted octanol–water partition coefficient (Wildman–Crippen LogP) is 4.43. The van der Waals surface area contributed by atoms with Crippen LogP contribution in [0.2, 0.25) is 0 Å². The molecule has 27 heavy (non-hydrogen) atoms. The fourth-order valence-electron chi connectivity index (χ4n) is 3.88. The van der Waals surface area contributed by atoms with Gasteiger partial charge in [-0.1, -0.05) is 66.7 Å². The molecule has 0 aromatic heterocycles. The monoisotopic (exact) mass is 356 g/mol. The van der Waals surface area contributed by atoms with Crippen LogP contribution in [0.4, 0.5) is 11.4 Å². The van der Waals surface area contributed by atoms with Crippen molar-refractivity contribution in [3.05, 3.63) is 96.6 Å². The molecule has 3 heteroatoms. The Kier molecular flexibility index (Phi) is 5.31. The number of amides is 1. The number of para-hydroxylation sites is 2. The maximum absolute atomic E-state index is 13.6. The van der Waals surface area contributed by atoms with Gasteiger partial charge in [0.25, 0.3) is 0 Å². The lowest BCUT2D eigenvalue weighted by molar-refractivity contribution is -0.122. The van der Waals surface area contributed by atoms with Crippen molar-refractivity contribution in [2.45, 2.75) is 6.42 Å². The first-order valence-corrected chi connectivity index (χ1v) is 9.51. The number of carbonyl (C=O) groups excluding carboxylic acids is 1. The highest BCUT2D eigenvalue weighted by atomic mass is 16.2. The van der Waals surface area contributed by atoms with E-state index < -0.39 is 0 Å². The summed E-state index contributed by atoms with van der Waals surface area (Å²) in [5.41, 5.74) is 3.12. The molecule has 2 atom stereocenters. The molecule has 1 fully saturated rings. The first kappa shape index (κ1) is 17.5. The summed E-state index contributed by atoms with van der Waals surface area (Å²) >= 11 is 0. The number of nitrogens with one attached hydrogen (secondary N) is 1. The zero-order chi connectivity index (χ0) is 18.5. The molecule has 0 spiro atoms. The van der Waals surface area contributed by atoms with E-state index in [1.807, 2.05) is 71.6 Å². The van der Waals surface area contributed by atoms with Crippen molar-refractivity contribution >= 4 is 17.3 Å². The summed E-state index contributed by atoms with van der Waals surface area (Å²) in [6, 6.07) is 30.3. The normalized spacial score (nSPS) is 19.0. The van der Waals surface area contributed by atoms with Crippen molar-refractivity contribution in [3.63, 3.8) is 0 Å². The van der Waals surface area contributed by atoms with Crippen LogP contribution in [0, 0.1) is 11.8 Å². The fraction of sp³-hybridized carbons (Fsp3) is 0.208. The van der Waals surface area contributed by atoms with Gasteiger partial charge in [-0.3, -0.25) is 9.69 Å². The molecular formula is C24H24N2O. The topological polar surface area (TPSA) is 32.3 Å². The molecule has 1 saturated heterocycles. The summed E-state index contributed by atoms with van der Waals surface area (Å²) in [5, 5.41) is 3.43. The molecule has 0 bridgehead atoms. The van der Waals surface area contributed by atoms with E-state index in [9.17, 15) is 4.79 Å². The summed E-state index contributed by atoms with van der Waals surface area (Å²) in [5.74, 6) is 0.429. The second-order valence-electron chi connectivity index (χ2n) is 7.06. The molecule has 1 aliphatic rings. The molecule has 1 N–H and O–H groups in total. The largest absolute Gasteiger partial charge is 0.316 e. The molecule has 1 aliphatic heterocycles. The molecule has 0 radical (unpaired) electrons. The Morgan fingerprint density at radius 2 is 1.30 bits per heavy atom. The maximum atomic E-state index is 13.6. The molecule has 3 aromatic carbocycles. The quantitative estimate of drug-likeness (QED) is 0.733. The van der Waals surface area contributed by atoms with Gasteiger partial charge in [0.1, 0.15) is 0 Å². The summed E-state index contributed by atoms with van der Waals surface area (Å²) in [6.45, 7) is 1.61. The van der Waals surface area contributed by atoms with E-state index in [0.717, 1.165) is 30.9 Å². The number of anilines is 2. The number of hydrogen-bond donors (Lipinski definition) is 1. The van der Waals surface area contributed by atoms with Gasteiger partial charge in [-0.15, -0.1) is 0 Å².